The van der Waals surface area contributed by atoms with Crippen LogP contribution in [0, 0.1) is 12.8 Å². The standard InChI is InChI=1S/C13H18N2O2S/c1-7(2)11(12(14)18)15-13(17)9-5-4-6-10(16)8(9)3/h4-7,11,16H,1-3H3,(H2,14,18)(H,15,17). The van der Waals surface area contributed by atoms with Crippen LogP contribution >= 0.6 is 12.2 Å². The lowest BCUT2D eigenvalue weighted by Crippen LogP contribution is -2.46. The molecule has 0 spiro atoms. The van der Waals surface area contributed by atoms with Gasteiger partial charge < -0.3 is 16.2 Å². The molecule has 0 aliphatic carbocycles. The summed E-state index contributed by atoms with van der Waals surface area (Å²) in [4.78, 5) is 12.4. The zero-order chi connectivity index (χ0) is 13.9. The Labute approximate surface area is 112 Å². The second-order valence-electron chi connectivity index (χ2n) is 4.55. The van der Waals surface area contributed by atoms with Gasteiger partial charge in [0.25, 0.3) is 5.91 Å². The molecule has 0 aliphatic rings. The molecule has 1 rings (SSSR count). The third kappa shape index (κ3) is 3.20. The lowest BCUT2D eigenvalue weighted by Gasteiger charge is -2.21. The Morgan fingerprint density at radius 3 is 2.56 bits per heavy atom. The molecule has 0 heterocycles. The molecule has 0 saturated carbocycles. The molecule has 1 unspecified atom stereocenters. The fourth-order valence-corrected chi connectivity index (χ4v) is 1.99. The minimum Gasteiger partial charge on any atom is -0.508 e. The van der Waals surface area contributed by atoms with Crippen LogP contribution in [0.2, 0.25) is 0 Å². The van der Waals surface area contributed by atoms with E-state index in [-0.39, 0.29) is 28.6 Å². The summed E-state index contributed by atoms with van der Waals surface area (Å²) in [5, 5.41) is 12.4. The predicted molar refractivity (Wildman–Crippen MR) is 75.7 cm³/mol. The molecule has 98 valence electrons. The van der Waals surface area contributed by atoms with Crippen LogP contribution in [0.25, 0.3) is 0 Å². The van der Waals surface area contributed by atoms with Crippen molar-refractivity contribution < 1.29 is 9.90 Å². The van der Waals surface area contributed by atoms with E-state index < -0.39 is 0 Å². The highest BCUT2D eigenvalue weighted by molar-refractivity contribution is 7.80. The van der Waals surface area contributed by atoms with Gasteiger partial charge in [-0.05, 0) is 25.0 Å². The molecule has 1 atom stereocenters. The molecular weight excluding hydrogens is 248 g/mol. The third-order valence-electron chi connectivity index (χ3n) is 2.81. The molecule has 4 nitrogen and oxygen atoms in total. The van der Waals surface area contributed by atoms with Crippen molar-refractivity contribution in [2.24, 2.45) is 11.7 Å². The van der Waals surface area contributed by atoms with Crippen molar-refractivity contribution in [3.05, 3.63) is 29.3 Å². The molecule has 1 amide bonds. The number of nitrogens with two attached hydrogens (primary N) is 1. The first kappa shape index (κ1) is 14.4. The number of benzene rings is 1. The SMILES string of the molecule is Cc1c(O)cccc1C(=O)NC(C(N)=S)C(C)C. The summed E-state index contributed by atoms with van der Waals surface area (Å²) < 4.78 is 0. The molecule has 1 aromatic rings. The van der Waals surface area contributed by atoms with Gasteiger partial charge in [0.2, 0.25) is 0 Å². The normalized spacial score (nSPS) is 12.2. The number of phenols is 1. The number of rotatable bonds is 4. The largest absolute Gasteiger partial charge is 0.508 e. The average molecular weight is 266 g/mol. The topological polar surface area (TPSA) is 75.3 Å². The first-order valence-electron chi connectivity index (χ1n) is 5.73. The lowest BCUT2D eigenvalue weighted by atomic mass is 10.0. The monoisotopic (exact) mass is 266 g/mol. The van der Waals surface area contributed by atoms with E-state index in [0.29, 0.717) is 11.1 Å². The van der Waals surface area contributed by atoms with Crippen LogP contribution < -0.4 is 11.1 Å². The number of aromatic hydroxyl groups is 1. The van der Waals surface area contributed by atoms with E-state index in [0.717, 1.165) is 0 Å². The molecule has 0 saturated heterocycles. The first-order valence-corrected chi connectivity index (χ1v) is 6.14. The van der Waals surface area contributed by atoms with Gasteiger partial charge >= 0.3 is 0 Å². The highest BCUT2D eigenvalue weighted by Gasteiger charge is 2.20. The van der Waals surface area contributed by atoms with Crippen LogP contribution in [0.3, 0.4) is 0 Å². The molecule has 0 aromatic heterocycles. The average Bonchev–Trinajstić information content (AvgIpc) is 2.28. The highest BCUT2D eigenvalue weighted by atomic mass is 32.1. The highest BCUT2D eigenvalue weighted by Crippen LogP contribution is 2.19. The van der Waals surface area contributed by atoms with Gasteiger partial charge in [-0.25, -0.2) is 0 Å². The van der Waals surface area contributed by atoms with Crippen LogP contribution in [-0.2, 0) is 0 Å². The number of hydrogen-bond donors (Lipinski definition) is 3. The second-order valence-corrected chi connectivity index (χ2v) is 5.02. The molecular formula is C13H18N2O2S. The van der Waals surface area contributed by atoms with Gasteiger partial charge in [-0.3, -0.25) is 4.79 Å². The smallest absolute Gasteiger partial charge is 0.252 e. The Balaban J connectivity index is 2.94. The second kappa shape index (κ2) is 5.82. The van der Waals surface area contributed by atoms with E-state index >= 15 is 0 Å². The molecule has 5 heteroatoms. The maximum Gasteiger partial charge on any atom is 0.252 e. The van der Waals surface area contributed by atoms with Crippen molar-refractivity contribution in [2.75, 3.05) is 0 Å². The maximum absolute atomic E-state index is 12.1. The van der Waals surface area contributed by atoms with E-state index in [1.807, 2.05) is 13.8 Å². The van der Waals surface area contributed by atoms with E-state index in [4.69, 9.17) is 18.0 Å². The summed E-state index contributed by atoms with van der Waals surface area (Å²) >= 11 is 4.93. The molecule has 0 bridgehead atoms. The van der Waals surface area contributed by atoms with Gasteiger partial charge in [0.05, 0.1) is 11.0 Å². The number of nitrogens with one attached hydrogen (secondary N) is 1. The fraction of sp³-hybridized carbons (Fsp3) is 0.385. The van der Waals surface area contributed by atoms with Crippen molar-refractivity contribution >= 4 is 23.1 Å². The molecule has 18 heavy (non-hydrogen) atoms. The molecule has 0 aliphatic heterocycles. The van der Waals surface area contributed by atoms with Crippen molar-refractivity contribution in [2.45, 2.75) is 26.8 Å². The van der Waals surface area contributed by atoms with Crippen molar-refractivity contribution in [3.63, 3.8) is 0 Å². The fourth-order valence-electron chi connectivity index (χ4n) is 1.65. The molecule has 0 fully saturated rings. The quantitative estimate of drug-likeness (QED) is 0.726. The Hall–Kier alpha value is -1.62. The molecule has 1 aromatic carbocycles. The van der Waals surface area contributed by atoms with Crippen molar-refractivity contribution in [3.8, 4) is 5.75 Å². The van der Waals surface area contributed by atoms with E-state index in [9.17, 15) is 9.90 Å². The van der Waals surface area contributed by atoms with Gasteiger partial charge in [0.15, 0.2) is 0 Å². The van der Waals surface area contributed by atoms with Crippen molar-refractivity contribution in [1.82, 2.24) is 5.32 Å². The number of thiocarbonyl (C=S) groups is 1. The van der Waals surface area contributed by atoms with Gasteiger partial charge in [-0.1, -0.05) is 32.1 Å². The van der Waals surface area contributed by atoms with Gasteiger partial charge in [-0.15, -0.1) is 0 Å². The van der Waals surface area contributed by atoms with Crippen LogP contribution in [0.1, 0.15) is 29.8 Å². The Morgan fingerprint density at radius 2 is 2.06 bits per heavy atom. The predicted octanol–water partition coefficient (Wildman–Crippen LogP) is 1.74. The lowest BCUT2D eigenvalue weighted by molar-refractivity contribution is 0.0939. The number of hydrogen-bond acceptors (Lipinski definition) is 3. The number of carbonyl (C=O) groups is 1. The molecule has 0 radical (unpaired) electrons. The summed E-state index contributed by atoms with van der Waals surface area (Å²) in [5.41, 5.74) is 6.57. The summed E-state index contributed by atoms with van der Waals surface area (Å²) in [5.74, 6) is -0.0713. The van der Waals surface area contributed by atoms with Gasteiger partial charge in [0.1, 0.15) is 5.75 Å². The molecule has 4 N–H and O–H groups in total. The number of carbonyl (C=O) groups excluding carboxylic acids is 1. The number of amides is 1. The number of phenolic OH excluding ortho intramolecular Hbond substituents is 1. The zero-order valence-corrected chi connectivity index (χ0v) is 11.5. The van der Waals surface area contributed by atoms with E-state index in [1.165, 1.54) is 0 Å². The first-order chi connectivity index (χ1) is 8.34. The Morgan fingerprint density at radius 1 is 1.44 bits per heavy atom. The van der Waals surface area contributed by atoms with Gasteiger partial charge in [-0.2, -0.15) is 0 Å². The Bertz CT molecular complexity index is 472. The third-order valence-corrected chi connectivity index (χ3v) is 3.06. The van der Waals surface area contributed by atoms with Gasteiger partial charge in [0, 0.05) is 11.1 Å². The summed E-state index contributed by atoms with van der Waals surface area (Å²) in [6.07, 6.45) is 0. The minimum absolute atomic E-state index is 0.0964. The minimum atomic E-state index is -0.353. The summed E-state index contributed by atoms with van der Waals surface area (Å²) in [7, 11) is 0. The van der Waals surface area contributed by atoms with Crippen LogP contribution in [0.4, 0.5) is 0 Å². The summed E-state index contributed by atoms with van der Waals surface area (Å²) in [6.45, 7) is 5.55. The van der Waals surface area contributed by atoms with Crippen molar-refractivity contribution in [1.29, 1.82) is 0 Å². The summed E-state index contributed by atoms with van der Waals surface area (Å²) in [6, 6.07) is 4.47. The van der Waals surface area contributed by atoms with Crippen LogP contribution in [0.5, 0.6) is 5.75 Å². The van der Waals surface area contributed by atoms with Crippen LogP contribution in [0.15, 0.2) is 18.2 Å². The zero-order valence-electron chi connectivity index (χ0n) is 10.7. The van der Waals surface area contributed by atoms with E-state index in [2.05, 4.69) is 5.32 Å². The van der Waals surface area contributed by atoms with E-state index in [1.54, 1.807) is 25.1 Å². The maximum atomic E-state index is 12.1. The van der Waals surface area contributed by atoms with Crippen LogP contribution in [-0.4, -0.2) is 22.0 Å². The Kier molecular flexibility index (Phi) is 4.67.